The molecule has 1 aliphatic heterocycles. The van der Waals surface area contributed by atoms with Crippen molar-refractivity contribution in [2.24, 2.45) is 0 Å². The van der Waals surface area contributed by atoms with Gasteiger partial charge in [0.15, 0.2) is 0 Å². The third-order valence-corrected chi connectivity index (χ3v) is 3.30. The van der Waals surface area contributed by atoms with Crippen LogP contribution < -0.4 is 0 Å². The Kier molecular flexibility index (Phi) is 4.49. The van der Waals surface area contributed by atoms with Crippen LogP contribution in [-0.2, 0) is 0 Å². The first-order valence-electron chi connectivity index (χ1n) is 4.57. The van der Waals surface area contributed by atoms with Crippen molar-refractivity contribution in [1.29, 1.82) is 5.26 Å². The number of nitriles is 1. The molecule has 1 atom stereocenters. The van der Waals surface area contributed by atoms with E-state index in [1.54, 1.807) is 0 Å². The minimum Gasteiger partial charge on any atom is -0.298 e. The van der Waals surface area contributed by atoms with Gasteiger partial charge in [-0.05, 0) is 6.42 Å². The molecule has 0 bridgehead atoms. The van der Waals surface area contributed by atoms with Crippen LogP contribution in [-0.4, -0.2) is 35.5 Å². The zero-order valence-electron chi connectivity index (χ0n) is 7.62. The molecule has 1 fully saturated rings. The molecule has 0 aromatic carbocycles. The summed E-state index contributed by atoms with van der Waals surface area (Å²) in [6.07, 6.45) is 1.80. The third-order valence-electron chi connectivity index (χ3n) is 2.36. The summed E-state index contributed by atoms with van der Waals surface area (Å²) < 4.78 is 0. The molecule has 0 aromatic rings. The van der Waals surface area contributed by atoms with Gasteiger partial charge in [0.05, 0.1) is 12.5 Å². The Morgan fingerprint density at radius 2 is 2.17 bits per heavy atom. The van der Waals surface area contributed by atoms with E-state index in [0.717, 1.165) is 6.42 Å². The monoisotopic (exact) mass is 184 g/mol. The van der Waals surface area contributed by atoms with Crippen molar-refractivity contribution in [3.8, 4) is 6.07 Å². The van der Waals surface area contributed by atoms with Gasteiger partial charge in [0, 0.05) is 30.6 Å². The first kappa shape index (κ1) is 9.88. The second kappa shape index (κ2) is 5.45. The molecular weight excluding hydrogens is 168 g/mol. The van der Waals surface area contributed by atoms with Crippen molar-refractivity contribution in [1.82, 2.24) is 4.90 Å². The van der Waals surface area contributed by atoms with E-state index < -0.39 is 0 Å². The van der Waals surface area contributed by atoms with Gasteiger partial charge >= 0.3 is 0 Å². The van der Waals surface area contributed by atoms with E-state index in [2.05, 4.69) is 17.9 Å². The van der Waals surface area contributed by atoms with Crippen molar-refractivity contribution in [3.05, 3.63) is 0 Å². The fourth-order valence-corrected chi connectivity index (χ4v) is 2.51. The minimum atomic E-state index is 0.510. The smallest absolute Gasteiger partial charge is 0.0638 e. The second-order valence-corrected chi connectivity index (χ2v) is 4.30. The molecule has 3 heteroatoms. The third kappa shape index (κ3) is 2.69. The Morgan fingerprint density at radius 3 is 2.67 bits per heavy atom. The average Bonchev–Trinajstić information content (AvgIpc) is 2.15. The Labute approximate surface area is 78.9 Å². The standard InChI is InChI=1S/C9H16N2S/c1-2-9(3-4-10)11-5-7-12-8-6-11/h9H,2-3,5-8H2,1H3. The van der Waals surface area contributed by atoms with Crippen LogP contribution in [0.1, 0.15) is 19.8 Å². The maximum atomic E-state index is 8.62. The zero-order valence-corrected chi connectivity index (χ0v) is 8.44. The topological polar surface area (TPSA) is 27.0 Å². The van der Waals surface area contributed by atoms with Crippen LogP contribution in [0.15, 0.2) is 0 Å². The molecule has 1 aliphatic rings. The van der Waals surface area contributed by atoms with Gasteiger partial charge in [-0.3, -0.25) is 4.90 Å². The van der Waals surface area contributed by atoms with Crippen LogP contribution in [0.5, 0.6) is 0 Å². The average molecular weight is 184 g/mol. The molecule has 0 aromatic heterocycles. The predicted molar refractivity (Wildman–Crippen MR) is 53.2 cm³/mol. The van der Waals surface area contributed by atoms with Crippen molar-refractivity contribution in [3.63, 3.8) is 0 Å². The minimum absolute atomic E-state index is 0.510. The predicted octanol–water partition coefficient (Wildman–Crippen LogP) is 1.73. The number of rotatable bonds is 3. The largest absolute Gasteiger partial charge is 0.298 e. The molecule has 0 N–H and O–H groups in total. The summed E-state index contributed by atoms with van der Waals surface area (Å²) in [5, 5.41) is 8.62. The lowest BCUT2D eigenvalue weighted by atomic mass is 10.1. The molecule has 1 heterocycles. The van der Waals surface area contributed by atoms with Gasteiger partial charge in [-0.2, -0.15) is 17.0 Å². The van der Waals surface area contributed by atoms with Crippen molar-refractivity contribution in [2.45, 2.75) is 25.8 Å². The Hall–Kier alpha value is -0.200. The van der Waals surface area contributed by atoms with E-state index in [1.807, 2.05) is 11.8 Å². The fourth-order valence-electron chi connectivity index (χ4n) is 1.58. The van der Waals surface area contributed by atoms with Gasteiger partial charge < -0.3 is 0 Å². The van der Waals surface area contributed by atoms with Crippen LogP contribution in [0, 0.1) is 11.3 Å². The highest BCUT2D eigenvalue weighted by molar-refractivity contribution is 7.99. The highest BCUT2D eigenvalue weighted by atomic mass is 32.2. The first-order chi connectivity index (χ1) is 5.88. The van der Waals surface area contributed by atoms with Gasteiger partial charge in [0.2, 0.25) is 0 Å². The summed E-state index contributed by atoms with van der Waals surface area (Å²) in [6.45, 7) is 4.51. The van der Waals surface area contributed by atoms with Gasteiger partial charge in [0.25, 0.3) is 0 Å². The first-order valence-corrected chi connectivity index (χ1v) is 5.72. The number of thioether (sulfide) groups is 1. The highest BCUT2D eigenvalue weighted by Gasteiger charge is 2.18. The van der Waals surface area contributed by atoms with Crippen LogP contribution in [0.3, 0.4) is 0 Å². The van der Waals surface area contributed by atoms with E-state index in [0.29, 0.717) is 12.5 Å². The van der Waals surface area contributed by atoms with Crippen LogP contribution >= 0.6 is 11.8 Å². The maximum Gasteiger partial charge on any atom is 0.0638 e. The van der Waals surface area contributed by atoms with E-state index in [1.165, 1.54) is 24.6 Å². The number of hydrogen-bond acceptors (Lipinski definition) is 3. The summed E-state index contributed by atoms with van der Waals surface area (Å²) >= 11 is 2.02. The van der Waals surface area contributed by atoms with Gasteiger partial charge in [-0.1, -0.05) is 6.92 Å². The van der Waals surface area contributed by atoms with E-state index in [9.17, 15) is 0 Å². The fraction of sp³-hybridized carbons (Fsp3) is 0.889. The summed E-state index contributed by atoms with van der Waals surface area (Å²) in [4.78, 5) is 2.46. The van der Waals surface area contributed by atoms with Gasteiger partial charge in [-0.25, -0.2) is 0 Å². The van der Waals surface area contributed by atoms with Crippen molar-refractivity contribution < 1.29 is 0 Å². The second-order valence-electron chi connectivity index (χ2n) is 3.07. The lowest BCUT2D eigenvalue weighted by Gasteiger charge is -2.32. The molecule has 2 nitrogen and oxygen atoms in total. The summed E-state index contributed by atoms with van der Waals surface area (Å²) in [5.74, 6) is 2.48. The van der Waals surface area contributed by atoms with Crippen molar-refractivity contribution in [2.75, 3.05) is 24.6 Å². The number of nitrogens with zero attached hydrogens (tertiary/aromatic N) is 2. The molecule has 1 unspecified atom stereocenters. The summed E-state index contributed by atoms with van der Waals surface area (Å²) in [5.41, 5.74) is 0. The molecule has 1 rings (SSSR count). The molecule has 0 radical (unpaired) electrons. The molecule has 0 spiro atoms. The maximum absolute atomic E-state index is 8.62. The van der Waals surface area contributed by atoms with E-state index >= 15 is 0 Å². The molecule has 12 heavy (non-hydrogen) atoms. The molecule has 1 saturated heterocycles. The number of hydrogen-bond donors (Lipinski definition) is 0. The van der Waals surface area contributed by atoms with E-state index in [4.69, 9.17) is 5.26 Å². The quantitative estimate of drug-likeness (QED) is 0.668. The van der Waals surface area contributed by atoms with Gasteiger partial charge in [-0.15, -0.1) is 0 Å². The molecule has 0 saturated carbocycles. The van der Waals surface area contributed by atoms with Crippen LogP contribution in [0.25, 0.3) is 0 Å². The van der Waals surface area contributed by atoms with Crippen LogP contribution in [0.4, 0.5) is 0 Å². The molecule has 0 aliphatic carbocycles. The zero-order chi connectivity index (χ0) is 8.81. The molecule has 68 valence electrons. The Morgan fingerprint density at radius 1 is 1.50 bits per heavy atom. The molecule has 0 amide bonds. The van der Waals surface area contributed by atoms with E-state index in [-0.39, 0.29) is 0 Å². The normalized spacial score (nSPS) is 21.7. The van der Waals surface area contributed by atoms with Crippen molar-refractivity contribution >= 4 is 11.8 Å². The lowest BCUT2D eigenvalue weighted by Crippen LogP contribution is -2.40. The van der Waals surface area contributed by atoms with Gasteiger partial charge in [0.1, 0.15) is 0 Å². The summed E-state index contributed by atoms with van der Waals surface area (Å²) in [7, 11) is 0. The Bertz CT molecular complexity index is 158. The Balaban J connectivity index is 2.36. The highest BCUT2D eigenvalue weighted by Crippen LogP contribution is 2.15. The lowest BCUT2D eigenvalue weighted by molar-refractivity contribution is 0.213. The SMILES string of the molecule is CCC(CC#N)N1CCSCC1. The van der Waals surface area contributed by atoms with Crippen LogP contribution in [0.2, 0.25) is 0 Å². The molecular formula is C9H16N2S. The summed E-state index contributed by atoms with van der Waals surface area (Å²) in [6, 6.07) is 2.78.